The molecule has 0 saturated carbocycles. The highest BCUT2D eigenvalue weighted by Gasteiger charge is 2.10. The van der Waals surface area contributed by atoms with Crippen LogP contribution in [-0.2, 0) is 6.54 Å². The van der Waals surface area contributed by atoms with E-state index in [1.807, 2.05) is 60.0 Å². The van der Waals surface area contributed by atoms with E-state index in [-0.39, 0.29) is 0 Å². The molecule has 5 heteroatoms. The molecule has 0 fully saturated rings. The molecule has 4 aromatic rings. The standard InChI is InChI=1S/C19H16N2O2S/c1-22-16-8-4-3-7-14(16)11-20-19-21-15(12-24-19)18-10-13-6-2-5-9-17(13)23-18/h2-10,12H,11H2,1H3,(H,20,21). The van der Waals surface area contributed by atoms with Gasteiger partial charge in [-0.15, -0.1) is 11.3 Å². The largest absolute Gasteiger partial charge is 0.496 e. The molecule has 2 aromatic carbocycles. The van der Waals surface area contributed by atoms with Crippen LogP contribution in [0.15, 0.2) is 64.4 Å². The summed E-state index contributed by atoms with van der Waals surface area (Å²) in [5, 5.41) is 7.29. The highest BCUT2D eigenvalue weighted by atomic mass is 32.1. The smallest absolute Gasteiger partial charge is 0.183 e. The number of hydrogen-bond donors (Lipinski definition) is 1. The number of thiazole rings is 1. The molecule has 1 N–H and O–H groups in total. The van der Waals surface area contributed by atoms with Crippen LogP contribution < -0.4 is 10.1 Å². The lowest BCUT2D eigenvalue weighted by Crippen LogP contribution is -2.01. The summed E-state index contributed by atoms with van der Waals surface area (Å²) in [5.41, 5.74) is 2.82. The third-order valence-corrected chi connectivity index (χ3v) is 4.60. The topological polar surface area (TPSA) is 47.3 Å². The monoisotopic (exact) mass is 336 g/mol. The number of methoxy groups -OCH3 is 1. The molecule has 0 unspecified atom stereocenters. The quantitative estimate of drug-likeness (QED) is 0.546. The van der Waals surface area contributed by atoms with Crippen LogP contribution in [0.5, 0.6) is 5.75 Å². The molecular formula is C19H16N2O2S. The van der Waals surface area contributed by atoms with Gasteiger partial charge in [0.25, 0.3) is 0 Å². The van der Waals surface area contributed by atoms with Crippen molar-refractivity contribution in [2.75, 3.05) is 12.4 Å². The van der Waals surface area contributed by atoms with Crippen molar-refractivity contribution in [1.29, 1.82) is 0 Å². The molecule has 4 nitrogen and oxygen atoms in total. The fraction of sp³-hybridized carbons (Fsp3) is 0.105. The molecule has 0 aliphatic rings. The second-order valence-corrected chi connectivity index (χ2v) is 6.21. The Balaban J connectivity index is 1.52. The molecule has 2 aromatic heterocycles. The molecule has 0 spiro atoms. The van der Waals surface area contributed by atoms with Crippen LogP contribution in [0.2, 0.25) is 0 Å². The van der Waals surface area contributed by atoms with Crippen molar-refractivity contribution in [1.82, 2.24) is 4.98 Å². The second kappa shape index (κ2) is 6.37. The van der Waals surface area contributed by atoms with Gasteiger partial charge >= 0.3 is 0 Å². The van der Waals surface area contributed by atoms with E-state index < -0.39 is 0 Å². The highest BCUT2D eigenvalue weighted by molar-refractivity contribution is 7.14. The lowest BCUT2D eigenvalue weighted by Gasteiger charge is -2.08. The second-order valence-electron chi connectivity index (χ2n) is 5.35. The number of hydrogen-bond acceptors (Lipinski definition) is 5. The Morgan fingerprint density at radius 3 is 2.83 bits per heavy atom. The fourth-order valence-electron chi connectivity index (χ4n) is 2.60. The van der Waals surface area contributed by atoms with E-state index >= 15 is 0 Å². The predicted molar refractivity (Wildman–Crippen MR) is 97.6 cm³/mol. The maximum Gasteiger partial charge on any atom is 0.183 e. The molecule has 0 radical (unpaired) electrons. The fourth-order valence-corrected chi connectivity index (χ4v) is 3.29. The first-order chi connectivity index (χ1) is 11.8. The van der Waals surface area contributed by atoms with E-state index in [0.717, 1.165) is 38.9 Å². The molecule has 120 valence electrons. The number of anilines is 1. The molecule has 2 heterocycles. The Morgan fingerprint density at radius 2 is 1.96 bits per heavy atom. The van der Waals surface area contributed by atoms with Gasteiger partial charge in [0.15, 0.2) is 10.9 Å². The SMILES string of the molecule is COc1ccccc1CNc1nc(-c2cc3ccccc3o2)cs1. The first-order valence-electron chi connectivity index (χ1n) is 7.64. The van der Waals surface area contributed by atoms with Crippen molar-refractivity contribution >= 4 is 27.4 Å². The van der Waals surface area contributed by atoms with Crippen LogP contribution >= 0.6 is 11.3 Å². The Bertz CT molecular complexity index is 941. The van der Waals surface area contributed by atoms with Crippen LogP contribution in [0.3, 0.4) is 0 Å². The summed E-state index contributed by atoms with van der Waals surface area (Å²) in [6, 6.07) is 18.0. The minimum atomic E-state index is 0.664. The normalized spacial score (nSPS) is 10.9. The number of fused-ring (bicyclic) bond motifs is 1. The molecule has 4 rings (SSSR count). The van der Waals surface area contributed by atoms with Crippen LogP contribution in [0.25, 0.3) is 22.4 Å². The van der Waals surface area contributed by atoms with Crippen molar-refractivity contribution in [3.63, 3.8) is 0 Å². The van der Waals surface area contributed by atoms with Crippen molar-refractivity contribution in [2.24, 2.45) is 0 Å². The number of nitrogens with one attached hydrogen (secondary N) is 1. The number of nitrogens with zero attached hydrogens (tertiary/aromatic N) is 1. The average Bonchev–Trinajstić information content (AvgIpc) is 3.26. The molecule has 0 bridgehead atoms. The Kier molecular flexibility index (Phi) is 3.92. The summed E-state index contributed by atoms with van der Waals surface area (Å²) < 4.78 is 11.2. The third kappa shape index (κ3) is 2.86. The van der Waals surface area contributed by atoms with E-state index in [0.29, 0.717) is 6.54 Å². The minimum Gasteiger partial charge on any atom is -0.496 e. The van der Waals surface area contributed by atoms with Crippen molar-refractivity contribution in [3.8, 4) is 17.2 Å². The summed E-state index contributed by atoms with van der Waals surface area (Å²) in [6.07, 6.45) is 0. The summed E-state index contributed by atoms with van der Waals surface area (Å²) in [7, 11) is 1.68. The molecule has 0 atom stereocenters. The van der Waals surface area contributed by atoms with Crippen LogP contribution in [-0.4, -0.2) is 12.1 Å². The molecule has 0 aliphatic heterocycles. The van der Waals surface area contributed by atoms with Gasteiger partial charge < -0.3 is 14.5 Å². The Morgan fingerprint density at radius 1 is 1.12 bits per heavy atom. The zero-order valence-electron chi connectivity index (χ0n) is 13.2. The molecular weight excluding hydrogens is 320 g/mol. The van der Waals surface area contributed by atoms with E-state index in [1.54, 1.807) is 18.4 Å². The first kappa shape index (κ1) is 14.8. The summed E-state index contributed by atoms with van der Waals surface area (Å²) >= 11 is 1.56. The van der Waals surface area contributed by atoms with Crippen molar-refractivity contribution in [2.45, 2.75) is 6.54 Å². The maximum atomic E-state index is 5.86. The third-order valence-electron chi connectivity index (χ3n) is 3.80. The lowest BCUT2D eigenvalue weighted by molar-refractivity contribution is 0.410. The van der Waals surface area contributed by atoms with Gasteiger partial charge in [0.05, 0.1) is 7.11 Å². The maximum absolute atomic E-state index is 5.86. The van der Waals surface area contributed by atoms with Crippen LogP contribution in [0, 0.1) is 0 Å². The van der Waals surface area contributed by atoms with Crippen LogP contribution in [0.4, 0.5) is 5.13 Å². The van der Waals surface area contributed by atoms with Gasteiger partial charge in [0.1, 0.15) is 17.0 Å². The average molecular weight is 336 g/mol. The van der Waals surface area contributed by atoms with E-state index in [2.05, 4.69) is 10.3 Å². The van der Waals surface area contributed by atoms with E-state index in [9.17, 15) is 0 Å². The van der Waals surface area contributed by atoms with E-state index in [1.165, 1.54) is 0 Å². The lowest BCUT2D eigenvalue weighted by atomic mass is 10.2. The highest BCUT2D eigenvalue weighted by Crippen LogP contribution is 2.30. The molecule has 0 amide bonds. The summed E-state index contributed by atoms with van der Waals surface area (Å²) in [6.45, 7) is 0.664. The van der Waals surface area contributed by atoms with E-state index in [4.69, 9.17) is 9.15 Å². The molecule has 24 heavy (non-hydrogen) atoms. The van der Waals surface area contributed by atoms with Crippen molar-refractivity contribution < 1.29 is 9.15 Å². The zero-order valence-corrected chi connectivity index (χ0v) is 14.0. The van der Waals surface area contributed by atoms with Crippen molar-refractivity contribution in [3.05, 3.63) is 65.5 Å². The number of ether oxygens (including phenoxy) is 1. The Labute approximate surface area is 143 Å². The zero-order chi connectivity index (χ0) is 16.4. The van der Waals surface area contributed by atoms with Gasteiger partial charge in [-0.05, 0) is 18.2 Å². The number of para-hydroxylation sites is 2. The van der Waals surface area contributed by atoms with Crippen LogP contribution in [0.1, 0.15) is 5.56 Å². The van der Waals surface area contributed by atoms with Gasteiger partial charge in [-0.2, -0.15) is 0 Å². The molecule has 0 saturated heterocycles. The summed E-state index contributed by atoms with van der Waals surface area (Å²) in [4.78, 5) is 4.62. The number of rotatable bonds is 5. The minimum absolute atomic E-state index is 0.664. The van der Waals surface area contributed by atoms with Gasteiger partial charge in [-0.25, -0.2) is 4.98 Å². The van der Waals surface area contributed by atoms with Gasteiger partial charge in [0.2, 0.25) is 0 Å². The van der Waals surface area contributed by atoms with Gasteiger partial charge in [-0.3, -0.25) is 0 Å². The van der Waals surface area contributed by atoms with Gasteiger partial charge in [-0.1, -0.05) is 36.4 Å². The first-order valence-corrected chi connectivity index (χ1v) is 8.52. The summed E-state index contributed by atoms with van der Waals surface area (Å²) in [5.74, 6) is 1.66. The predicted octanol–water partition coefficient (Wildman–Crippen LogP) is 5.18. The Hall–Kier alpha value is -2.79. The number of aromatic nitrogens is 1. The number of furan rings is 1. The van der Waals surface area contributed by atoms with Gasteiger partial charge in [0, 0.05) is 22.9 Å². The molecule has 0 aliphatic carbocycles. The number of benzene rings is 2.